The molecule has 0 saturated carbocycles. The fourth-order valence-corrected chi connectivity index (χ4v) is 1.87. The van der Waals surface area contributed by atoms with Gasteiger partial charge in [0.25, 0.3) is 0 Å². The molecule has 1 aromatic heterocycles. The molecular formula is C11H17N3O3. The summed E-state index contributed by atoms with van der Waals surface area (Å²) in [5, 5.41) is 7.03. The molecule has 0 aliphatic carbocycles. The Morgan fingerprint density at radius 3 is 2.88 bits per heavy atom. The Kier molecular flexibility index (Phi) is 3.63. The monoisotopic (exact) mass is 239 g/mol. The maximum Gasteiger partial charge on any atom is 0.343 e. The molecule has 1 aromatic rings. The summed E-state index contributed by atoms with van der Waals surface area (Å²) in [6.45, 7) is 6.80. The number of morpholine rings is 1. The zero-order valence-corrected chi connectivity index (χ0v) is 10.2. The van der Waals surface area contributed by atoms with Crippen molar-refractivity contribution in [3.8, 4) is 0 Å². The summed E-state index contributed by atoms with van der Waals surface area (Å²) in [6.07, 6.45) is 0. The molecule has 1 saturated heterocycles. The number of H-pyrrole nitrogens is 1. The molecule has 1 N–H and O–H groups in total. The normalized spacial score (nSPS) is 16.0. The van der Waals surface area contributed by atoms with Crippen molar-refractivity contribution in [2.75, 3.05) is 37.8 Å². The van der Waals surface area contributed by atoms with Crippen molar-refractivity contribution in [1.29, 1.82) is 0 Å². The van der Waals surface area contributed by atoms with Crippen LogP contribution in [-0.2, 0) is 9.47 Å². The lowest BCUT2D eigenvalue weighted by atomic mass is 10.2. The second-order valence-corrected chi connectivity index (χ2v) is 3.87. The minimum atomic E-state index is -0.319. The van der Waals surface area contributed by atoms with Gasteiger partial charge in [-0.05, 0) is 13.8 Å². The standard InChI is InChI=1S/C11H17N3O3/c1-3-17-11(15)9-8(2)12-13-10(9)14-4-6-16-7-5-14/h3-7H2,1-2H3,(H,12,13). The lowest BCUT2D eigenvalue weighted by Gasteiger charge is -2.27. The van der Waals surface area contributed by atoms with Crippen LogP contribution < -0.4 is 4.90 Å². The molecule has 0 spiro atoms. The highest BCUT2D eigenvalue weighted by molar-refractivity contribution is 5.96. The van der Waals surface area contributed by atoms with E-state index in [1.54, 1.807) is 6.92 Å². The van der Waals surface area contributed by atoms with E-state index in [1.807, 2.05) is 11.8 Å². The van der Waals surface area contributed by atoms with Gasteiger partial charge in [0.2, 0.25) is 0 Å². The molecule has 0 amide bonds. The van der Waals surface area contributed by atoms with Gasteiger partial charge in [-0.2, -0.15) is 5.10 Å². The van der Waals surface area contributed by atoms with Crippen LogP contribution >= 0.6 is 0 Å². The topological polar surface area (TPSA) is 67.4 Å². The molecule has 2 rings (SSSR count). The van der Waals surface area contributed by atoms with Gasteiger partial charge in [0.1, 0.15) is 5.56 Å². The van der Waals surface area contributed by atoms with Crippen molar-refractivity contribution >= 4 is 11.8 Å². The van der Waals surface area contributed by atoms with E-state index in [9.17, 15) is 4.79 Å². The number of aromatic nitrogens is 2. The predicted molar refractivity (Wildman–Crippen MR) is 62.3 cm³/mol. The van der Waals surface area contributed by atoms with Crippen LogP contribution in [0.25, 0.3) is 0 Å². The molecule has 6 heteroatoms. The summed E-state index contributed by atoms with van der Waals surface area (Å²) in [5.41, 5.74) is 1.28. The third-order valence-electron chi connectivity index (χ3n) is 2.72. The predicted octanol–water partition coefficient (Wildman–Crippen LogP) is 0.731. The average molecular weight is 239 g/mol. The molecule has 0 aromatic carbocycles. The Labute approximate surface area is 99.9 Å². The molecule has 17 heavy (non-hydrogen) atoms. The molecular weight excluding hydrogens is 222 g/mol. The first-order valence-corrected chi connectivity index (χ1v) is 5.78. The van der Waals surface area contributed by atoms with E-state index in [4.69, 9.17) is 9.47 Å². The number of aromatic amines is 1. The molecule has 0 radical (unpaired) electrons. The van der Waals surface area contributed by atoms with Crippen LogP contribution in [0.2, 0.25) is 0 Å². The van der Waals surface area contributed by atoms with Crippen LogP contribution in [0, 0.1) is 6.92 Å². The molecule has 0 atom stereocenters. The lowest BCUT2D eigenvalue weighted by Crippen LogP contribution is -2.37. The van der Waals surface area contributed by atoms with E-state index in [2.05, 4.69) is 10.2 Å². The van der Waals surface area contributed by atoms with Crippen LogP contribution in [0.5, 0.6) is 0 Å². The minimum Gasteiger partial charge on any atom is -0.462 e. The maximum absolute atomic E-state index is 11.8. The molecule has 1 aliphatic rings. The quantitative estimate of drug-likeness (QED) is 0.788. The Morgan fingerprint density at radius 1 is 1.53 bits per heavy atom. The van der Waals surface area contributed by atoms with Crippen molar-refractivity contribution in [3.05, 3.63) is 11.3 Å². The van der Waals surface area contributed by atoms with Gasteiger partial charge in [0, 0.05) is 18.8 Å². The fourth-order valence-electron chi connectivity index (χ4n) is 1.87. The third-order valence-corrected chi connectivity index (χ3v) is 2.72. The smallest absolute Gasteiger partial charge is 0.343 e. The second kappa shape index (κ2) is 5.18. The number of carbonyl (C=O) groups excluding carboxylic acids is 1. The van der Waals surface area contributed by atoms with Gasteiger partial charge in [0.05, 0.1) is 19.8 Å². The van der Waals surface area contributed by atoms with Crippen LogP contribution in [0.15, 0.2) is 0 Å². The van der Waals surface area contributed by atoms with Crippen molar-refractivity contribution in [2.45, 2.75) is 13.8 Å². The molecule has 0 unspecified atom stereocenters. The van der Waals surface area contributed by atoms with Gasteiger partial charge < -0.3 is 14.4 Å². The van der Waals surface area contributed by atoms with Crippen molar-refractivity contribution in [1.82, 2.24) is 10.2 Å². The Morgan fingerprint density at radius 2 is 2.24 bits per heavy atom. The first kappa shape index (κ1) is 11.9. The summed E-state index contributed by atoms with van der Waals surface area (Å²) in [4.78, 5) is 13.9. The summed E-state index contributed by atoms with van der Waals surface area (Å²) in [7, 11) is 0. The molecule has 1 fully saturated rings. The molecule has 1 aliphatic heterocycles. The SMILES string of the molecule is CCOC(=O)c1c(N2CCOCC2)n[nH]c1C. The Balaban J connectivity index is 2.24. The summed E-state index contributed by atoms with van der Waals surface area (Å²) < 4.78 is 10.3. The van der Waals surface area contributed by atoms with Gasteiger partial charge in [0.15, 0.2) is 5.82 Å². The van der Waals surface area contributed by atoms with Crippen LogP contribution in [0.1, 0.15) is 23.0 Å². The zero-order valence-electron chi connectivity index (χ0n) is 10.2. The maximum atomic E-state index is 11.8. The average Bonchev–Trinajstić information content (AvgIpc) is 2.73. The van der Waals surface area contributed by atoms with E-state index in [0.717, 1.165) is 18.8 Å². The van der Waals surface area contributed by atoms with Crippen molar-refractivity contribution < 1.29 is 14.3 Å². The summed E-state index contributed by atoms with van der Waals surface area (Å²) >= 11 is 0. The highest BCUT2D eigenvalue weighted by atomic mass is 16.5. The van der Waals surface area contributed by atoms with E-state index >= 15 is 0 Å². The lowest BCUT2D eigenvalue weighted by molar-refractivity contribution is 0.0525. The number of nitrogens with one attached hydrogen (secondary N) is 1. The zero-order chi connectivity index (χ0) is 12.3. The number of anilines is 1. The first-order valence-electron chi connectivity index (χ1n) is 5.78. The first-order chi connectivity index (χ1) is 8.24. The molecule has 2 heterocycles. The molecule has 6 nitrogen and oxygen atoms in total. The number of hydrogen-bond donors (Lipinski definition) is 1. The van der Waals surface area contributed by atoms with Gasteiger partial charge >= 0.3 is 5.97 Å². The largest absolute Gasteiger partial charge is 0.462 e. The van der Waals surface area contributed by atoms with E-state index in [1.165, 1.54) is 0 Å². The van der Waals surface area contributed by atoms with Crippen LogP contribution in [0.3, 0.4) is 0 Å². The number of nitrogens with zero attached hydrogens (tertiary/aromatic N) is 2. The number of esters is 1. The third kappa shape index (κ3) is 2.41. The highest BCUT2D eigenvalue weighted by Crippen LogP contribution is 2.22. The van der Waals surface area contributed by atoms with E-state index < -0.39 is 0 Å². The van der Waals surface area contributed by atoms with Crippen LogP contribution in [-0.4, -0.2) is 49.1 Å². The Hall–Kier alpha value is -1.56. The molecule has 94 valence electrons. The molecule has 0 bridgehead atoms. The van der Waals surface area contributed by atoms with E-state index in [-0.39, 0.29) is 5.97 Å². The van der Waals surface area contributed by atoms with Crippen LogP contribution in [0.4, 0.5) is 5.82 Å². The number of rotatable bonds is 3. The van der Waals surface area contributed by atoms with Gasteiger partial charge in [-0.3, -0.25) is 5.10 Å². The summed E-state index contributed by atoms with van der Waals surface area (Å²) in [5.74, 6) is 0.351. The number of carbonyl (C=O) groups is 1. The van der Waals surface area contributed by atoms with Gasteiger partial charge in [-0.1, -0.05) is 0 Å². The van der Waals surface area contributed by atoms with Gasteiger partial charge in [-0.25, -0.2) is 4.79 Å². The van der Waals surface area contributed by atoms with E-state index in [0.29, 0.717) is 31.2 Å². The van der Waals surface area contributed by atoms with Crippen molar-refractivity contribution in [2.24, 2.45) is 0 Å². The summed E-state index contributed by atoms with van der Waals surface area (Å²) in [6, 6.07) is 0. The van der Waals surface area contributed by atoms with Crippen molar-refractivity contribution in [3.63, 3.8) is 0 Å². The number of ether oxygens (including phenoxy) is 2. The minimum absolute atomic E-state index is 0.319. The number of aryl methyl sites for hydroxylation is 1. The highest BCUT2D eigenvalue weighted by Gasteiger charge is 2.24. The second-order valence-electron chi connectivity index (χ2n) is 3.87. The fraction of sp³-hybridized carbons (Fsp3) is 0.636. The number of hydrogen-bond acceptors (Lipinski definition) is 5. The van der Waals surface area contributed by atoms with Gasteiger partial charge in [-0.15, -0.1) is 0 Å². The Bertz CT molecular complexity index is 397.